The molecule has 1 N–H and O–H groups in total. The lowest BCUT2D eigenvalue weighted by molar-refractivity contribution is -0.137. The fraction of sp³-hybridized carbons (Fsp3) is 0.296. The summed E-state index contributed by atoms with van der Waals surface area (Å²) in [6.45, 7) is 4.48. The van der Waals surface area contributed by atoms with E-state index in [1.54, 1.807) is 0 Å². The molecule has 0 spiro atoms. The summed E-state index contributed by atoms with van der Waals surface area (Å²) in [5, 5.41) is 8.92. The van der Waals surface area contributed by atoms with Crippen LogP contribution < -0.4 is 4.74 Å². The molecule has 31 heavy (non-hydrogen) atoms. The van der Waals surface area contributed by atoms with E-state index in [0.717, 1.165) is 31.7 Å². The van der Waals surface area contributed by atoms with Crippen molar-refractivity contribution >= 4 is 5.97 Å². The third-order valence-electron chi connectivity index (χ3n) is 5.95. The standard InChI is InChI=1S/C27H29NO3/c1-2-26(31-25-12-10-21(11-13-25)20-6-4-3-5-7-20)23-8-9-24-19-28(17-15-27(29)30)16-14-22(24)18-23/h3-13,18,26H,2,14-17,19H2,1H3,(H,29,30). The average molecular weight is 416 g/mol. The van der Waals surface area contributed by atoms with Crippen molar-refractivity contribution in [2.75, 3.05) is 13.1 Å². The number of hydrogen-bond donors (Lipinski definition) is 1. The molecule has 1 aliphatic heterocycles. The minimum Gasteiger partial charge on any atom is -0.486 e. The topological polar surface area (TPSA) is 49.8 Å². The normalized spacial score (nSPS) is 14.6. The molecule has 0 bridgehead atoms. The summed E-state index contributed by atoms with van der Waals surface area (Å²) in [5.74, 6) is 0.144. The summed E-state index contributed by atoms with van der Waals surface area (Å²) in [6, 6.07) is 25.3. The Morgan fingerprint density at radius 1 is 1.00 bits per heavy atom. The summed E-state index contributed by atoms with van der Waals surface area (Å²) < 4.78 is 6.34. The van der Waals surface area contributed by atoms with Gasteiger partial charge >= 0.3 is 5.97 Å². The molecule has 0 radical (unpaired) electrons. The molecule has 0 saturated carbocycles. The lowest BCUT2D eigenvalue weighted by Gasteiger charge is -2.29. The molecule has 0 saturated heterocycles. The largest absolute Gasteiger partial charge is 0.486 e. The molecule has 4 nitrogen and oxygen atoms in total. The van der Waals surface area contributed by atoms with E-state index in [2.05, 4.69) is 54.3 Å². The molecule has 4 rings (SSSR count). The van der Waals surface area contributed by atoms with Crippen LogP contribution >= 0.6 is 0 Å². The number of ether oxygens (including phenoxy) is 1. The molecule has 0 aliphatic carbocycles. The Hall–Kier alpha value is -3.11. The van der Waals surface area contributed by atoms with Crippen molar-refractivity contribution in [2.24, 2.45) is 0 Å². The van der Waals surface area contributed by atoms with E-state index in [1.807, 2.05) is 30.3 Å². The third-order valence-corrected chi connectivity index (χ3v) is 5.95. The minimum atomic E-state index is -0.735. The van der Waals surface area contributed by atoms with Gasteiger partial charge in [0, 0.05) is 19.6 Å². The van der Waals surface area contributed by atoms with Gasteiger partial charge in [0.25, 0.3) is 0 Å². The number of carbonyl (C=O) groups is 1. The van der Waals surface area contributed by atoms with Crippen molar-refractivity contribution in [1.82, 2.24) is 4.90 Å². The SMILES string of the molecule is CCC(Oc1ccc(-c2ccccc2)cc1)c1ccc2c(c1)CCN(CCC(=O)O)C2. The smallest absolute Gasteiger partial charge is 0.304 e. The first-order chi connectivity index (χ1) is 15.1. The Kier molecular flexibility index (Phi) is 6.68. The molecule has 0 amide bonds. The van der Waals surface area contributed by atoms with E-state index < -0.39 is 5.97 Å². The van der Waals surface area contributed by atoms with Crippen LogP contribution in [0.1, 0.15) is 42.6 Å². The first-order valence-corrected chi connectivity index (χ1v) is 11.0. The van der Waals surface area contributed by atoms with Gasteiger partial charge in [-0.2, -0.15) is 0 Å². The summed E-state index contributed by atoms with van der Waals surface area (Å²) in [7, 11) is 0. The lowest BCUT2D eigenvalue weighted by atomic mass is 9.94. The van der Waals surface area contributed by atoms with Crippen LogP contribution in [0, 0.1) is 0 Å². The summed E-state index contributed by atoms with van der Waals surface area (Å²) >= 11 is 0. The molecule has 3 aromatic carbocycles. The highest BCUT2D eigenvalue weighted by atomic mass is 16.5. The van der Waals surface area contributed by atoms with E-state index in [4.69, 9.17) is 9.84 Å². The molecule has 4 heteroatoms. The molecule has 0 fully saturated rings. The van der Waals surface area contributed by atoms with E-state index in [1.165, 1.54) is 27.8 Å². The van der Waals surface area contributed by atoms with Crippen molar-refractivity contribution < 1.29 is 14.6 Å². The second-order valence-electron chi connectivity index (χ2n) is 8.10. The number of nitrogens with zero attached hydrogens (tertiary/aromatic N) is 1. The maximum Gasteiger partial charge on any atom is 0.304 e. The van der Waals surface area contributed by atoms with Gasteiger partial charge in [-0.1, -0.05) is 67.6 Å². The number of fused-ring (bicyclic) bond motifs is 1. The predicted octanol–water partition coefficient (Wildman–Crippen LogP) is 5.72. The lowest BCUT2D eigenvalue weighted by Crippen LogP contribution is -2.32. The van der Waals surface area contributed by atoms with Crippen LogP contribution in [0.2, 0.25) is 0 Å². The molecule has 1 unspecified atom stereocenters. The van der Waals surface area contributed by atoms with Crippen molar-refractivity contribution in [3.05, 3.63) is 89.5 Å². The number of hydrogen-bond acceptors (Lipinski definition) is 3. The molecule has 1 atom stereocenters. The molecular weight excluding hydrogens is 386 g/mol. The zero-order chi connectivity index (χ0) is 21.6. The second-order valence-corrected chi connectivity index (χ2v) is 8.10. The van der Waals surface area contributed by atoms with Crippen molar-refractivity contribution in [1.29, 1.82) is 0 Å². The van der Waals surface area contributed by atoms with Gasteiger partial charge in [0.1, 0.15) is 11.9 Å². The molecule has 3 aromatic rings. The van der Waals surface area contributed by atoms with E-state index in [0.29, 0.717) is 6.54 Å². The highest BCUT2D eigenvalue weighted by molar-refractivity contribution is 5.67. The van der Waals surface area contributed by atoms with Gasteiger partial charge in [-0.25, -0.2) is 0 Å². The summed E-state index contributed by atoms with van der Waals surface area (Å²) in [6.07, 6.45) is 2.05. The van der Waals surface area contributed by atoms with E-state index in [-0.39, 0.29) is 12.5 Å². The van der Waals surface area contributed by atoms with Crippen LogP contribution in [-0.2, 0) is 17.8 Å². The number of carboxylic acids is 1. The van der Waals surface area contributed by atoms with Crippen LogP contribution in [0.25, 0.3) is 11.1 Å². The maximum atomic E-state index is 10.8. The van der Waals surface area contributed by atoms with Crippen LogP contribution in [0.15, 0.2) is 72.8 Å². The Bertz CT molecular complexity index is 1010. The first-order valence-electron chi connectivity index (χ1n) is 11.0. The molecule has 1 aliphatic rings. The molecular formula is C27H29NO3. The average Bonchev–Trinajstić information content (AvgIpc) is 2.81. The first kappa shape index (κ1) is 21.1. The highest BCUT2D eigenvalue weighted by Crippen LogP contribution is 2.30. The Morgan fingerprint density at radius 2 is 1.74 bits per heavy atom. The third kappa shape index (κ3) is 5.33. The predicted molar refractivity (Wildman–Crippen MR) is 123 cm³/mol. The fourth-order valence-corrected chi connectivity index (χ4v) is 4.18. The van der Waals surface area contributed by atoms with Crippen molar-refractivity contribution in [2.45, 2.75) is 38.8 Å². The molecule has 160 valence electrons. The monoisotopic (exact) mass is 415 g/mol. The number of rotatable bonds is 8. The van der Waals surface area contributed by atoms with Crippen LogP contribution in [0.3, 0.4) is 0 Å². The van der Waals surface area contributed by atoms with Crippen LogP contribution in [-0.4, -0.2) is 29.1 Å². The van der Waals surface area contributed by atoms with Crippen molar-refractivity contribution in [3.8, 4) is 16.9 Å². The van der Waals surface area contributed by atoms with Gasteiger partial charge in [0.15, 0.2) is 0 Å². The number of aliphatic carboxylic acids is 1. The maximum absolute atomic E-state index is 10.8. The Morgan fingerprint density at radius 3 is 2.45 bits per heavy atom. The van der Waals surface area contributed by atoms with Gasteiger partial charge in [-0.15, -0.1) is 0 Å². The number of carboxylic acid groups (broad SMARTS) is 1. The second kappa shape index (κ2) is 9.80. The minimum absolute atomic E-state index is 0.0120. The zero-order valence-electron chi connectivity index (χ0n) is 18.0. The summed E-state index contributed by atoms with van der Waals surface area (Å²) in [5.41, 5.74) is 6.23. The fourth-order valence-electron chi connectivity index (χ4n) is 4.18. The van der Waals surface area contributed by atoms with E-state index >= 15 is 0 Å². The quantitative estimate of drug-likeness (QED) is 0.511. The van der Waals surface area contributed by atoms with Crippen molar-refractivity contribution in [3.63, 3.8) is 0 Å². The highest BCUT2D eigenvalue weighted by Gasteiger charge is 2.19. The Labute approximate surface area is 184 Å². The van der Waals surface area contributed by atoms with Gasteiger partial charge in [-0.3, -0.25) is 9.69 Å². The number of benzene rings is 3. The van der Waals surface area contributed by atoms with Crippen LogP contribution in [0.5, 0.6) is 5.75 Å². The van der Waals surface area contributed by atoms with Gasteiger partial charge < -0.3 is 9.84 Å². The van der Waals surface area contributed by atoms with Gasteiger partial charge in [0.2, 0.25) is 0 Å². The van der Waals surface area contributed by atoms with Gasteiger partial charge in [0.05, 0.1) is 6.42 Å². The summed E-state index contributed by atoms with van der Waals surface area (Å²) in [4.78, 5) is 13.1. The molecule has 1 heterocycles. The van der Waals surface area contributed by atoms with E-state index in [9.17, 15) is 4.79 Å². The van der Waals surface area contributed by atoms with Crippen LogP contribution in [0.4, 0.5) is 0 Å². The van der Waals surface area contributed by atoms with Gasteiger partial charge in [-0.05, 0) is 52.8 Å². The Balaban J connectivity index is 1.43. The molecule has 0 aromatic heterocycles. The zero-order valence-corrected chi connectivity index (χ0v) is 18.0.